The molecule has 0 heterocycles. The van der Waals surface area contributed by atoms with Gasteiger partial charge in [-0.2, -0.15) is 0 Å². The normalized spacial score (nSPS) is 40.7. The molecule has 3 saturated carbocycles. The quantitative estimate of drug-likeness (QED) is 0.144. The Morgan fingerprint density at radius 1 is 1.15 bits per heavy atom. The molecule has 5 aliphatic rings. The lowest BCUT2D eigenvalue weighted by molar-refractivity contribution is -0.219. The van der Waals surface area contributed by atoms with Gasteiger partial charge in [-0.1, -0.05) is 37.8 Å². The minimum absolute atomic E-state index is 0.120. The lowest BCUT2D eigenvalue weighted by Crippen LogP contribution is -2.69. The molecule has 5 rings (SSSR count). The van der Waals surface area contributed by atoms with Crippen LogP contribution in [0.15, 0.2) is 23.8 Å². The zero-order valence-electron chi connectivity index (χ0n) is 27.3. The zero-order chi connectivity index (χ0) is 34.3. The van der Waals surface area contributed by atoms with Crippen LogP contribution in [0.2, 0.25) is 0 Å². The van der Waals surface area contributed by atoms with E-state index in [0.29, 0.717) is 24.8 Å². The van der Waals surface area contributed by atoms with E-state index in [1.54, 1.807) is 26.8 Å². The summed E-state index contributed by atoms with van der Waals surface area (Å²) < 4.78 is 45.4. The molecule has 13 heteroatoms. The number of rotatable bonds is 11. The first kappa shape index (κ1) is 36.1. The van der Waals surface area contributed by atoms with Crippen molar-refractivity contribution in [3.63, 3.8) is 0 Å². The number of aliphatic hydroxyl groups is 2. The maximum Gasteiger partial charge on any atom is 0.472 e. The summed E-state index contributed by atoms with van der Waals surface area (Å²) in [6.45, 7) is 3.36. The van der Waals surface area contributed by atoms with E-state index in [1.165, 1.54) is 12.2 Å². The van der Waals surface area contributed by atoms with Crippen molar-refractivity contribution in [2.45, 2.75) is 102 Å². The Morgan fingerprint density at radius 3 is 2.68 bits per heavy atom. The Balaban J connectivity index is 1.16. The second kappa shape index (κ2) is 13.6. The van der Waals surface area contributed by atoms with Gasteiger partial charge in [0.05, 0.1) is 12.7 Å². The number of fused-ring (bicyclic) bond motifs is 5. The monoisotopic (exact) mass is 679 g/mol. The number of allylic oxidation sites excluding steroid dienone is 4. The Bertz CT molecular complexity index is 1440. The Labute approximate surface area is 275 Å². The first-order chi connectivity index (χ1) is 22.1. The number of ether oxygens (including phenoxy) is 1. The SMILES string of the molecule is C[C@@H]1C[C@H]2[C@@H]3CCC4=CC(=O)C=C[C@]4(C)[C@@]3(F)[C@@H](O)C[C@]2(C)[C@@]1(O)C(=O)COP(=O)(O)OCCNC(=O)COC1C#CCCCCC1. The van der Waals surface area contributed by atoms with Crippen molar-refractivity contribution in [2.24, 2.45) is 28.6 Å². The van der Waals surface area contributed by atoms with Gasteiger partial charge in [0.2, 0.25) is 5.91 Å². The summed E-state index contributed by atoms with van der Waals surface area (Å²) in [4.78, 5) is 48.1. The number of hydrogen-bond donors (Lipinski definition) is 4. The summed E-state index contributed by atoms with van der Waals surface area (Å²) in [5, 5.41) is 26.0. The molecule has 3 fully saturated rings. The second-order valence-electron chi connectivity index (χ2n) is 14.2. The molecule has 0 aromatic rings. The average molecular weight is 680 g/mol. The maximum atomic E-state index is 17.3. The highest BCUT2D eigenvalue weighted by atomic mass is 31.2. The number of carbonyl (C=O) groups excluding carboxylic acids is 3. The van der Waals surface area contributed by atoms with Crippen LogP contribution in [-0.2, 0) is 32.7 Å². The average Bonchev–Trinajstić information content (AvgIpc) is 3.20. The van der Waals surface area contributed by atoms with E-state index >= 15 is 4.39 Å². The highest BCUT2D eigenvalue weighted by molar-refractivity contribution is 7.47. The number of halogens is 1. The van der Waals surface area contributed by atoms with E-state index in [0.717, 1.165) is 32.1 Å². The summed E-state index contributed by atoms with van der Waals surface area (Å²) in [6.07, 6.45) is 7.94. The molecule has 0 bridgehead atoms. The van der Waals surface area contributed by atoms with Gasteiger partial charge in [-0.15, -0.1) is 5.92 Å². The highest BCUT2D eigenvalue weighted by Gasteiger charge is 2.75. The third kappa shape index (κ3) is 6.45. The molecule has 4 N–H and O–H groups in total. The minimum atomic E-state index is -4.76. The molecule has 0 aliphatic heterocycles. The molecule has 0 aromatic heterocycles. The van der Waals surface area contributed by atoms with Crippen LogP contribution in [0.1, 0.15) is 78.6 Å². The summed E-state index contributed by atoms with van der Waals surface area (Å²) in [6, 6.07) is 0. The molecular formula is C34H47FNO10P. The number of carbonyl (C=O) groups is 3. The first-order valence-corrected chi connectivity index (χ1v) is 18.1. The minimum Gasteiger partial charge on any atom is -0.390 e. The standard InChI is InChI=1S/C34H47FNO10P/c1-22-17-27-26-12-11-23-18-24(37)13-14-31(23,2)33(26,35)28(38)19-32(27,3)34(22,41)29(39)20-46-47(42,43)45-16-15-36-30(40)21-44-25-9-7-5-4-6-8-10-25/h13-14,18,22,25-28,38,41H,4-7,9,11-12,15-17,19-21H2,1-3H3,(H,36,40)(H,42,43)/t22-,25?,26+,27+,28+,31+,32+,33+,34+/m1/s1. The summed E-state index contributed by atoms with van der Waals surface area (Å²) in [5.74, 6) is 2.65. The molecule has 260 valence electrons. The van der Waals surface area contributed by atoms with Gasteiger partial charge in [-0.25, -0.2) is 8.96 Å². The smallest absolute Gasteiger partial charge is 0.390 e. The van der Waals surface area contributed by atoms with Crippen molar-refractivity contribution in [1.82, 2.24) is 5.32 Å². The van der Waals surface area contributed by atoms with Gasteiger partial charge in [0.15, 0.2) is 17.2 Å². The van der Waals surface area contributed by atoms with Gasteiger partial charge in [0.1, 0.15) is 24.9 Å². The molecule has 10 atom stereocenters. The number of Topliss-reactive ketones (excluding diaryl/α,β-unsaturated/α-hetero) is 1. The number of aliphatic hydroxyl groups excluding tert-OH is 1. The number of phosphoric acid groups is 1. The van der Waals surface area contributed by atoms with Crippen molar-refractivity contribution >= 4 is 25.3 Å². The molecule has 11 nitrogen and oxygen atoms in total. The number of ketones is 2. The van der Waals surface area contributed by atoms with Crippen LogP contribution in [0.5, 0.6) is 0 Å². The van der Waals surface area contributed by atoms with E-state index in [2.05, 4.69) is 17.2 Å². The number of alkyl halides is 1. The fourth-order valence-corrected chi connectivity index (χ4v) is 9.79. The number of nitrogens with one attached hydrogen (secondary N) is 1. The molecule has 5 aliphatic carbocycles. The van der Waals surface area contributed by atoms with Crippen LogP contribution in [0.3, 0.4) is 0 Å². The van der Waals surface area contributed by atoms with E-state index in [-0.39, 0.29) is 38.1 Å². The first-order valence-electron chi connectivity index (χ1n) is 16.6. The number of phosphoric ester groups is 1. The Morgan fingerprint density at radius 2 is 1.91 bits per heavy atom. The van der Waals surface area contributed by atoms with Crippen molar-refractivity contribution in [3.8, 4) is 11.8 Å². The van der Waals surface area contributed by atoms with Crippen LogP contribution in [0, 0.1) is 40.4 Å². The van der Waals surface area contributed by atoms with Crippen molar-refractivity contribution < 1.29 is 52.2 Å². The van der Waals surface area contributed by atoms with E-state index in [4.69, 9.17) is 13.8 Å². The van der Waals surface area contributed by atoms with Gasteiger partial charge >= 0.3 is 7.82 Å². The number of amides is 1. The highest BCUT2D eigenvalue weighted by Crippen LogP contribution is 2.70. The van der Waals surface area contributed by atoms with Crippen LogP contribution >= 0.6 is 7.82 Å². The van der Waals surface area contributed by atoms with Gasteiger partial charge in [0, 0.05) is 29.7 Å². The summed E-state index contributed by atoms with van der Waals surface area (Å²) >= 11 is 0. The second-order valence-corrected chi connectivity index (χ2v) is 15.7. The molecular weight excluding hydrogens is 632 g/mol. The van der Waals surface area contributed by atoms with E-state index in [9.17, 15) is 34.1 Å². The van der Waals surface area contributed by atoms with Gasteiger partial charge < -0.3 is 25.2 Å². The van der Waals surface area contributed by atoms with Crippen molar-refractivity contribution in [2.75, 3.05) is 26.4 Å². The van der Waals surface area contributed by atoms with Crippen LogP contribution in [0.25, 0.3) is 0 Å². The van der Waals surface area contributed by atoms with Gasteiger partial charge in [0.25, 0.3) is 0 Å². The van der Waals surface area contributed by atoms with Gasteiger partial charge in [-0.05, 0) is 75.9 Å². The molecule has 47 heavy (non-hydrogen) atoms. The van der Waals surface area contributed by atoms with E-state index < -0.39 is 72.1 Å². The fourth-order valence-electron chi connectivity index (χ4n) is 9.11. The van der Waals surface area contributed by atoms with Crippen LogP contribution in [-0.4, -0.2) is 82.4 Å². The largest absolute Gasteiger partial charge is 0.472 e. The number of hydrogen-bond acceptors (Lipinski definition) is 9. The third-order valence-electron chi connectivity index (χ3n) is 11.6. The maximum absolute atomic E-state index is 17.3. The van der Waals surface area contributed by atoms with Crippen LogP contribution in [0.4, 0.5) is 4.39 Å². The third-order valence-corrected chi connectivity index (χ3v) is 12.6. The predicted molar refractivity (Wildman–Crippen MR) is 168 cm³/mol. The predicted octanol–water partition coefficient (Wildman–Crippen LogP) is 3.51. The summed E-state index contributed by atoms with van der Waals surface area (Å²) in [7, 11) is -4.76. The molecule has 1 amide bonds. The lowest BCUT2D eigenvalue weighted by Gasteiger charge is -2.62. The Kier molecular flexibility index (Phi) is 10.4. The molecule has 0 spiro atoms. The molecule has 0 saturated heterocycles. The topological polar surface area (TPSA) is 169 Å². The van der Waals surface area contributed by atoms with Crippen molar-refractivity contribution in [1.29, 1.82) is 0 Å². The van der Waals surface area contributed by atoms with Crippen LogP contribution < -0.4 is 5.32 Å². The molecule has 2 unspecified atom stereocenters. The lowest BCUT2D eigenvalue weighted by atomic mass is 9.44. The fraction of sp³-hybridized carbons (Fsp3) is 0.735. The van der Waals surface area contributed by atoms with E-state index in [1.807, 2.05) is 0 Å². The Hall–Kier alpha value is -2.23. The molecule has 0 radical (unpaired) electrons. The zero-order valence-corrected chi connectivity index (χ0v) is 28.2. The molecule has 0 aromatic carbocycles. The van der Waals surface area contributed by atoms with Crippen molar-refractivity contribution in [3.05, 3.63) is 23.8 Å². The van der Waals surface area contributed by atoms with Gasteiger partial charge in [-0.3, -0.25) is 23.4 Å². The summed E-state index contributed by atoms with van der Waals surface area (Å²) in [5.41, 5.74) is -6.04.